The molecule has 2 atom stereocenters. The Labute approximate surface area is 109 Å². The summed E-state index contributed by atoms with van der Waals surface area (Å²) < 4.78 is 0. The van der Waals surface area contributed by atoms with E-state index in [9.17, 15) is 0 Å². The molecule has 0 spiro atoms. The number of hydrogen-bond acceptors (Lipinski definition) is 2. The molecule has 0 aliphatic heterocycles. The predicted octanol–water partition coefficient (Wildman–Crippen LogP) is 4.11. The maximum Gasteiger partial charge on any atom is 0.0213 e. The first kappa shape index (κ1) is 16.9. The second-order valence-corrected chi connectivity index (χ2v) is 8.07. The van der Waals surface area contributed by atoms with Crippen molar-refractivity contribution in [3.05, 3.63) is 0 Å². The molecule has 0 aromatic heterocycles. The van der Waals surface area contributed by atoms with Gasteiger partial charge in [-0.3, -0.25) is 11.3 Å². The third-order valence-corrected chi connectivity index (χ3v) is 3.13. The second kappa shape index (κ2) is 6.75. The molecule has 0 aliphatic carbocycles. The zero-order chi connectivity index (χ0) is 13.7. The molecule has 2 heteroatoms. The van der Waals surface area contributed by atoms with Gasteiger partial charge >= 0.3 is 0 Å². The summed E-state index contributed by atoms with van der Waals surface area (Å²) in [4.78, 5) is 0. The Hall–Kier alpha value is -0.0800. The van der Waals surface area contributed by atoms with E-state index in [1.54, 1.807) is 0 Å². The highest BCUT2D eigenvalue weighted by atomic mass is 15.2. The van der Waals surface area contributed by atoms with Crippen molar-refractivity contribution in [3.63, 3.8) is 0 Å². The molecule has 0 aromatic rings. The van der Waals surface area contributed by atoms with Gasteiger partial charge in [-0.2, -0.15) is 0 Å². The van der Waals surface area contributed by atoms with E-state index in [1.165, 1.54) is 25.7 Å². The van der Waals surface area contributed by atoms with E-state index >= 15 is 0 Å². The quantitative estimate of drug-likeness (QED) is 0.543. The van der Waals surface area contributed by atoms with Crippen molar-refractivity contribution in [3.8, 4) is 0 Å². The maximum absolute atomic E-state index is 5.66. The summed E-state index contributed by atoms with van der Waals surface area (Å²) in [6.45, 7) is 16.1. The van der Waals surface area contributed by atoms with Crippen molar-refractivity contribution in [1.82, 2.24) is 5.43 Å². The first-order chi connectivity index (χ1) is 7.53. The smallest absolute Gasteiger partial charge is 0.0213 e. The van der Waals surface area contributed by atoms with Gasteiger partial charge in [-0.15, -0.1) is 0 Å². The monoisotopic (exact) mass is 242 g/mol. The summed E-state index contributed by atoms with van der Waals surface area (Å²) >= 11 is 0. The van der Waals surface area contributed by atoms with Crippen LogP contribution in [0.1, 0.15) is 74.1 Å². The minimum atomic E-state index is 0.405. The van der Waals surface area contributed by atoms with Crippen molar-refractivity contribution < 1.29 is 0 Å². The van der Waals surface area contributed by atoms with Crippen LogP contribution in [0.5, 0.6) is 0 Å². The summed E-state index contributed by atoms with van der Waals surface area (Å²) in [5.74, 6) is 6.40. The number of rotatable bonds is 6. The second-order valence-electron chi connectivity index (χ2n) is 8.07. The molecule has 3 N–H and O–H groups in total. The maximum atomic E-state index is 5.66. The fourth-order valence-electron chi connectivity index (χ4n) is 2.49. The van der Waals surface area contributed by atoms with Crippen LogP contribution < -0.4 is 11.3 Å². The van der Waals surface area contributed by atoms with Crippen LogP contribution in [-0.2, 0) is 0 Å². The minimum absolute atomic E-state index is 0.405. The Kier molecular flexibility index (Phi) is 6.71. The SMILES string of the molecule is CC(CC(CCC(C)(C)C)NN)CC(C)(C)C. The van der Waals surface area contributed by atoms with E-state index in [1.807, 2.05) is 0 Å². The van der Waals surface area contributed by atoms with Gasteiger partial charge in [-0.05, 0) is 42.4 Å². The van der Waals surface area contributed by atoms with Gasteiger partial charge in [-0.1, -0.05) is 48.5 Å². The topological polar surface area (TPSA) is 38.0 Å². The zero-order valence-electron chi connectivity index (χ0n) is 13.1. The molecule has 0 aliphatic rings. The molecule has 0 radical (unpaired) electrons. The Balaban J connectivity index is 4.04. The lowest BCUT2D eigenvalue weighted by Gasteiger charge is -2.28. The average Bonchev–Trinajstić information content (AvgIpc) is 2.07. The third kappa shape index (κ3) is 10.8. The number of nitrogens with two attached hydrogens (primary N) is 1. The fraction of sp³-hybridized carbons (Fsp3) is 1.00. The van der Waals surface area contributed by atoms with E-state index in [0.29, 0.717) is 16.9 Å². The summed E-state index contributed by atoms with van der Waals surface area (Å²) in [7, 11) is 0. The molecule has 0 saturated heterocycles. The molecular weight excluding hydrogens is 208 g/mol. The van der Waals surface area contributed by atoms with Crippen molar-refractivity contribution in [2.75, 3.05) is 0 Å². The predicted molar refractivity (Wildman–Crippen MR) is 77.7 cm³/mol. The zero-order valence-corrected chi connectivity index (χ0v) is 13.1. The fourth-order valence-corrected chi connectivity index (χ4v) is 2.49. The van der Waals surface area contributed by atoms with Gasteiger partial charge in [0.05, 0.1) is 0 Å². The molecule has 0 aromatic carbocycles. The largest absolute Gasteiger partial charge is 0.271 e. The lowest BCUT2D eigenvalue weighted by atomic mass is 9.81. The molecule has 104 valence electrons. The molecule has 0 saturated carbocycles. The highest BCUT2D eigenvalue weighted by Crippen LogP contribution is 2.28. The lowest BCUT2D eigenvalue weighted by Crippen LogP contribution is -2.37. The van der Waals surface area contributed by atoms with E-state index in [2.05, 4.69) is 53.9 Å². The van der Waals surface area contributed by atoms with Crippen molar-refractivity contribution in [2.24, 2.45) is 22.6 Å². The molecule has 0 fully saturated rings. The summed E-state index contributed by atoms with van der Waals surface area (Å²) in [6, 6.07) is 0.464. The Morgan fingerprint density at radius 3 is 1.88 bits per heavy atom. The molecule has 0 bridgehead atoms. The standard InChI is InChI=1S/C15H34N2/c1-12(11-15(5,6)7)10-13(17-16)8-9-14(2,3)4/h12-13,17H,8-11,16H2,1-7H3. The number of hydrogen-bond donors (Lipinski definition) is 2. The van der Waals surface area contributed by atoms with Crippen molar-refractivity contribution in [2.45, 2.75) is 80.2 Å². The Morgan fingerprint density at radius 2 is 1.53 bits per heavy atom. The lowest BCUT2D eigenvalue weighted by molar-refractivity contribution is 0.256. The van der Waals surface area contributed by atoms with Crippen LogP contribution in [0, 0.1) is 16.7 Å². The van der Waals surface area contributed by atoms with Gasteiger partial charge < -0.3 is 0 Å². The molecule has 0 rings (SSSR count). The van der Waals surface area contributed by atoms with Gasteiger partial charge in [0.2, 0.25) is 0 Å². The van der Waals surface area contributed by atoms with Crippen LogP contribution in [0.15, 0.2) is 0 Å². The van der Waals surface area contributed by atoms with Gasteiger partial charge in [-0.25, -0.2) is 0 Å². The summed E-state index contributed by atoms with van der Waals surface area (Å²) in [5, 5.41) is 0. The van der Waals surface area contributed by atoms with Crippen LogP contribution >= 0.6 is 0 Å². The normalized spacial score (nSPS) is 16.9. The van der Waals surface area contributed by atoms with Crippen LogP contribution in [-0.4, -0.2) is 6.04 Å². The first-order valence-electron chi connectivity index (χ1n) is 6.99. The summed E-state index contributed by atoms with van der Waals surface area (Å²) in [6.07, 6.45) is 4.85. The molecule has 0 heterocycles. The van der Waals surface area contributed by atoms with Crippen LogP contribution in [0.2, 0.25) is 0 Å². The summed E-state index contributed by atoms with van der Waals surface area (Å²) in [5.41, 5.74) is 3.82. The molecule has 0 amide bonds. The Morgan fingerprint density at radius 1 is 1.00 bits per heavy atom. The average molecular weight is 242 g/mol. The van der Waals surface area contributed by atoms with Gasteiger partial charge in [0.25, 0.3) is 0 Å². The molecule has 17 heavy (non-hydrogen) atoms. The first-order valence-corrected chi connectivity index (χ1v) is 6.99. The van der Waals surface area contributed by atoms with Crippen molar-refractivity contribution in [1.29, 1.82) is 0 Å². The Bertz CT molecular complexity index is 198. The third-order valence-electron chi connectivity index (χ3n) is 3.13. The van der Waals surface area contributed by atoms with E-state index in [-0.39, 0.29) is 0 Å². The highest BCUT2D eigenvalue weighted by molar-refractivity contribution is 4.74. The van der Waals surface area contributed by atoms with Gasteiger partial charge in [0.15, 0.2) is 0 Å². The highest BCUT2D eigenvalue weighted by Gasteiger charge is 2.20. The van der Waals surface area contributed by atoms with Crippen LogP contribution in [0.4, 0.5) is 0 Å². The van der Waals surface area contributed by atoms with E-state index < -0.39 is 0 Å². The van der Waals surface area contributed by atoms with Crippen LogP contribution in [0.25, 0.3) is 0 Å². The van der Waals surface area contributed by atoms with E-state index in [4.69, 9.17) is 5.84 Å². The molecule has 2 unspecified atom stereocenters. The van der Waals surface area contributed by atoms with Gasteiger partial charge in [0, 0.05) is 6.04 Å². The minimum Gasteiger partial charge on any atom is -0.271 e. The van der Waals surface area contributed by atoms with E-state index in [0.717, 1.165) is 5.92 Å². The number of hydrazine groups is 1. The molecule has 2 nitrogen and oxygen atoms in total. The molecular formula is C15H34N2. The number of nitrogens with one attached hydrogen (secondary N) is 1. The van der Waals surface area contributed by atoms with Crippen LogP contribution in [0.3, 0.4) is 0 Å². The van der Waals surface area contributed by atoms with Crippen molar-refractivity contribution >= 4 is 0 Å². The van der Waals surface area contributed by atoms with Gasteiger partial charge in [0.1, 0.15) is 0 Å².